The number of aliphatic hydroxyl groups is 1. The predicted molar refractivity (Wildman–Crippen MR) is 69.9 cm³/mol. The molecule has 100 valence electrons. The minimum atomic E-state index is -0.159. The van der Waals surface area contributed by atoms with Crippen LogP contribution in [0, 0.1) is 17.8 Å². The molecule has 5 atom stereocenters. The molecule has 0 amide bonds. The van der Waals surface area contributed by atoms with Gasteiger partial charge in [-0.25, -0.2) is 0 Å². The average molecular weight is 240 g/mol. The summed E-state index contributed by atoms with van der Waals surface area (Å²) in [6.07, 6.45) is 8.12. The second-order valence-corrected chi connectivity index (χ2v) is 6.29. The van der Waals surface area contributed by atoms with Crippen LogP contribution in [0.1, 0.15) is 59.3 Å². The van der Waals surface area contributed by atoms with E-state index in [1.165, 1.54) is 32.1 Å². The van der Waals surface area contributed by atoms with E-state index < -0.39 is 0 Å². The van der Waals surface area contributed by atoms with Crippen LogP contribution in [-0.2, 0) is 4.74 Å². The maximum absolute atomic E-state index is 10.5. The first-order chi connectivity index (χ1) is 8.09. The van der Waals surface area contributed by atoms with Crippen LogP contribution in [-0.4, -0.2) is 23.4 Å². The third-order valence-corrected chi connectivity index (χ3v) is 5.06. The first-order valence-electron chi connectivity index (χ1n) is 7.43. The summed E-state index contributed by atoms with van der Waals surface area (Å²) in [6.45, 7) is 6.48. The molecule has 0 radical (unpaired) electrons. The summed E-state index contributed by atoms with van der Waals surface area (Å²) in [7, 11) is 0. The third kappa shape index (κ3) is 3.03. The zero-order chi connectivity index (χ0) is 12.4. The number of ether oxygens (including phenoxy) is 1. The van der Waals surface area contributed by atoms with Crippen molar-refractivity contribution in [3.05, 3.63) is 0 Å². The smallest absolute Gasteiger partial charge is 0.0607 e. The van der Waals surface area contributed by atoms with Gasteiger partial charge in [-0.15, -0.1) is 0 Å². The van der Waals surface area contributed by atoms with E-state index in [-0.39, 0.29) is 12.2 Å². The van der Waals surface area contributed by atoms with Gasteiger partial charge >= 0.3 is 0 Å². The highest BCUT2D eigenvalue weighted by Gasteiger charge is 2.41. The molecule has 0 spiro atoms. The number of rotatable bonds is 3. The molecular weight excluding hydrogens is 212 g/mol. The Bertz CT molecular complexity index is 235. The molecule has 2 rings (SSSR count). The fraction of sp³-hybridized carbons (Fsp3) is 1.00. The van der Waals surface area contributed by atoms with Crippen molar-refractivity contribution in [3.63, 3.8) is 0 Å². The minimum Gasteiger partial charge on any atom is -0.393 e. The molecule has 1 aliphatic heterocycles. The summed E-state index contributed by atoms with van der Waals surface area (Å²) in [5.41, 5.74) is 0. The monoisotopic (exact) mass is 240 g/mol. The standard InChI is InChI=1S/C15H28O2/c1-10-11(2)17-12(3)15(10)14(16)9-13-7-5-4-6-8-13/h10-16H,4-9H2,1-3H3. The molecule has 0 bridgehead atoms. The highest BCUT2D eigenvalue weighted by Crippen LogP contribution is 2.38. The van der Waals surface area contributed by atoms with Crippen LogP contribution in [0.4, 0.5) is 0 Å². The highest BCUT2D eigenvalue weighted by atomic mass is 16.5. The molecule has 1 N–H and O–H groups in total. The molecule has 2 nitrogen and oxygen atoms in total. The van der Waals surface area contributed by atoms with Crippen molar-refractivity contribution in [2.75, 3.05) is 0 Å². The summed E-state index contributed by atoms with van der Waals surface area (Å²) in [4.78, 5) is 0. The second-order valence-electron chi connectivity index (χ2n) is 6.29. The Labute approximate surface area is 106 Å². The van der Waals surface area contributed by atoms with Gasteiger partial charge in [-0.3, -0.25) is 0 Å². The Hall–Kier alpha value is -0.0800. The van der Waals surface area contributed by atoms with Crippen molar-refractivity contribution < 1.29 is 9.84 Å². The first-order valence-corrected chi connectivity index (χ1v) is 7.43. The molecular formula is C15H28O2. The summed E-state index contributed by atoms with van der Waals surface area (Å²) in [5, 5.41) is 10.5. The van der Waals surface area contributed by atoms with Crippen molar-refractivity contribution in [2.45, 2.75) is 77.6 Å². The van der Waals surface area contributed by atoms with Gasteiger partial charge in [-0.05, 0) is 32.1 Å². The normalized spacial score (nSPS) is 41.6. The van der Waals surface area contributed by atoms with Gasteiger partial charge in [0.25, 0.3) is 0 Å². The van der Waals surface area contributed by atoms with E-state index in [0.717, 1.165) is 12.3 Å². The van der Waals surface area contributed by atoms with Gasteiger partial charge in [0.15, 0.2) is 0 Å². The summed E-state index contributed by atoms with van der Waals surface area (Å²) < 4.78 is 5.84. The molecule has 0 aromatic carbocycles. The zero-order valence-corrected chi connectivity index (χ0v) is 11.6. The lowest BCUT2D eigenvalue weighted by Crippen LogP contribution is -2.32. The van der Waals surface area contributed by atoms with E-state index in [4.69, 9.17) is 4.74 Å². The van der Waals surface area contributed by atoms with Crippen LogP contribution in [0.3, 0.4) is 0 Å². The molecule has 1 saturated carbocycles. The quantitative estimate of drug-likeness (QED) is 0.819. The summed E-state index contributed by atoms with van der Waals surface area (Å²) >= 11 is 0. The molecule has 2 aliphatic rings. The third-order valence-electron chi connectivity index (χ3n) is 5.06. The van der Waals surface area contributed by atoms with E-state index in [0.29, 0.717) is 17.9 Å². The van der Waals surface area contributed by atoms with E-state index in [1.807, 2.05) is 0 Å². The summed E-state index contributed by atoms with van der Waals surface area (Å²) in [5.74, 6) is 1.59. The number of hydrogen-bond acceptors (Lipinski definition) is 2. The van der Waals surface area contributed by atoms with Gasteiger partial charge in [-0.2, -0.15) is 0 Å². The Morgan fingerprint density at radius 2 is 1.71 bits per heavy atom. The Balaban J connectivity index is 1.88. The fourth-order valence-electron chi connectivity index (χ4n) is 3.88. The van der Waals surface area contributed by atoms with E-state index in [1.54, 1.807) is 0 Å². The average Bonchev–Trinajstić information content (AvgIpc) is 2.54. The van der Waals surface area contributed by atoms with Crippen molar-refractivity contribution in [2.24, 2.45) is 17.8 Å². The second kappa shape index (κ2) is 5.71. The maximum Gasteiger partial charge on any atom is 0.0607 e. The zero-order valence-electron chi connectivity index (χ0n) is 11.6. The van der Waals surface area contributed by atoms with Crippen LogP contribution < -0.4 is 0 Å². The maximum atomic E-state index is 10.5. The lowest BCUT2D eigenvalue weighted by atomic mass is 9.78. The lowest BCUT2D eigenvalue weighted by molar-refractivity contribution is 0.0130. The molecule has 17 heavy (non-hydrogen) atoms. The minimum absolute atomic E-state index is 0.159. The Morgan fingerprint density at radius 3 is 2.24 bits per heavy atom. The van der Waals surface area contributed by atoms with Crippen LogP contribution in [0.15, 0.2) is 0 Å². The predicted octanol–water partition coefficient (Wildman–Crippen LogP) is 3.38. The van der Waals surface area contributed by atoms with E-state index in [2.05, 4.69) is 20.8 Å². The van der Waals surface area contributed by atoms with Crippen molar-refractivity contribution in [1.29, 1.82) is 0 Å². The molecule has 1 heterocycles. The number of hydrogen-bond donors (Lipinski definition) is 1. The highest BCUT2D eigenvalue weighted by molar-refractivity contribution is 4.89. The fourth-order valence-corrected chi connectivity index (χ4v) is 3.88. The van der Waals surface area contributed by atoms with Crippen molar-refractivity contribution in [1.82, 2.24) is 0 Å². The molecule has 5 unspecified atom stereocenters. The molecule has 0 aromatic rings. The van der Waals surface area contributed by atoms with Crippen LogP contribution in [0.25, 0.3) is 0 Å². The molecule has 0 aromatic heterocycles. The van der Waals surface area contributed by atoms with Gasteiger partial charge in [0.2, 0.25) is 0 Å². The van der Waals surface area contributed by atoms with Gasteiger partial charge in [0.05, 0.1) is 18.3 Å². The largest absolute Gasteiger partial charge is 0.393 e. The van der Waals surface area contributed by atoms with Gasteiger partial charge in [-0.1, -0.05) is 39.0 Å². The lowest BCUT2D eigenvalue weighted by Gasteiger charge is -2.29. The van der Waals surface area contributed by atoms with E-state index in [9.17, 15) is 5.11 Å². The van der Waals surface area contributed by atoms with Gasteiger partial charge < -0.3 is 9.84 Å². The van der Waals surface area contributed by atoms with Crippen molar-refractivity contribution in [3.8, 4) is 0 Å². The SMILES string of the molecule is CC1OC(C)C(C(O)CC2CCCCC2)C1C. The van der Waals surface area contributed by atoms with Gasteiger partial charge in [0.1, 0.15) is 0 Å². The van der Waals surface area contributed by atoms with Gasteiger partial charge in [0, 0.05) is 5.92 Å². The Kier molecular flexibility index (Phi) is 4.48. The number of aliphatic hydroxyl groups excluding tert-OH is 1. The molecule has 1 saturated heterocycles. The van der Waals surface area contributed by atoms with Crippen molar-refractivity contribution >= 4 is 0 Å². The molecule has 2 heteroatoms. The molecule has 2 fully saturated rings. The molecule has 1 aliphatic carbocycles. The van der Waals surface area contributed by atoms with Crippen LogP contribution in [0.2, 0.25) is 0 Å². The van der Waals surface area contributed by atoms with Crippen LogP contribution in [0.5, 0.6) is 0 Å². The van der Waals surface area contributed by atoms with Crippen LogP contribution >= 0.6 is 0 Å². The summed E-state index contributed by atoms with van der Waals surface area (Å²) in [6, 6.07) is 0. The van der Waals surface area contributed by atoms with E-state index >= 15 is 0 Å². The first kappa shape index (κ1) is 13.4. The Morgan fingerprint density at radius 1 is 1.06 bits per heavy atom. The topological polar surface area (TPSA) is 29.5 Å².